The van der Waals surface area contributed by atoms with E-state index in [2.05, 4.69) is 48.5 Å². The maximum absolute atomic E-state index is 12.3. The molecule has 1 aliphatic rings. The summed E-state index contributed by atoms with van der Waals surface area (Å²) < 4.78 is 0.821. The molecule has 0 spiro atoms. The largest absolute Gasteiger partial charge is 0.324 e. The lowest BCUT2D eigenvalue weighted by atomic mass is 10.2. The first-order valence-corrected chi connectivity index (χ1v) is 8.77. The van der Waals surface area contributed by atoms with Crippen LogP contribution < -0.4 is 10.2 Å². The van der Waals surface area contributed by atoms with Crippen molar-refractivity contribution in [3.63, 3.8) is 0 Å². The highest BCUT2D eigenvalue weighted by Crippen LogP contribution is 2.32. The number of carbonyl (C=O) groups is 1. The summed E-state index contributed by atoms with van der Waals surface area (Å²) in [6.45, 7) is 0.872. The first-order chi connectivity index (χ1) is 12.2. The highest BCUT2D eigenvalue weighted by atomic mass is 79.9. The lowest BCUT2D eigenvalue weighted by molar-refractivity contribution is 0.102. The van der Waals surface area contributed by atoms with Gasteiger partial charge in [-0.3, -0.25) is 4.79 Å². The summed E-state index contributed by atoms with van der Waals surface area (Å²) in [4.78, 5) is 14.5. The fourth-order valence-electron chi connectivity index (χ4n) is 2.92. The monoisotopic (exact) mass is 394 g/mol. The number of para-hydroxylation sites is 2. The van der Waals surface area contributed by atoms with Crippen LogP contribution in [0.15, 0.2) is 65.1 Å². The van der Waals surface area contributed by atoms with Gasteiger partial charge in [-0.1, -0.05) is 30.3 Å². The van der Waals surface area contributed by atoms with Crippen LogP contribution >= 0.6 is 15.9 Å². The molecule has 2 heterocycles. The number of benzene rings is 2. The molecular weight excluding hydrogens is 380 g/mol. The Bertz CT molecular complexity index is 927. The van der Waals surface area contributed by atoms with Gasteiger partial charge in [0.1, 0.15) is 0 Å². The van der Waals surface area contributed by atoms with Crippen LogP contribution in [0.5, 0.6) is 0 Å². The predicted molar refractivity (Wildman–Crippen MR) is 101 cm³/mol. The van der Waals surface area contributed by atoms with Gasteiger partial charge in [-0.15, -0.1) is 10.2 Å². The third-order valence-electron chi connectivity index (χ3n) is 4.17. The van der Waals surface area contributed by atoms with E-state index in [-0.39, 0.29) is 11.6 Å². The SMILES string of the molecule is O=C(Nc1ccccc1Br)c1ccc(N2CCc3ccccc32)nn1. The van der Waals surface area contributed by atoms with Gasteiger partial charge in [0.25, 0.3) is 5.91 Å². The summed E-state index contributed by atoms with van der Waals surface area (Å²) >= 11 is 3.41. The van der Waals surface area contributed by atoms with Crippen LogP contribution in [0.3, 0.4) is 0 Å². The molecule has 0 atom stereocenters. The van der Waals surface area contributed by atoms with Crippen molar-refractivity contribution in [2.75, 3.05) is 16.8 Å². The first kappa shape index (κ1) is 15.8. The number of fused-ring (bicyclic) bond motifs is 1. The zero-order chi connectivity index (χ0) is 17.2. The second kappa shape index (κ2) is 6.64. The lowest BCUT2D eigenvalue weighted by Gasteiger charge is -2.17. The van der Waals surface area contributed by atoms with E-state index in [1.165, 1.54) is 5.56 Å². The summed E-state index contributed by atoms with van der Waals surface area (Å²) in [5, 5.41) is 11.2. The van der Waals surface area contributed by atoms with Crippen molar-refractivity contribution in [1.29, 1.82) is 0 Å². The van der Waals surface area contributed by atoms with Gasteiger partial charge in [0.15, 0.2) is 11.5 Å². The van der Waals surface area contributed by atoms with Crippen molar-refractivity contribution in [1.82, 2.24) is 10.2 Å². The number of anilines is 3. The highest BCUT2D eigenvalue weighted by Gasteiger charge is 2.21. The van der Waals surface area contributed by atoms with Crippen LogP contribution in [0.2, 0.25) is 0 Å². The molecule has 3 aromatic rings. The molecule has 1 aliphatic heterocycles. The first-order valence-electron chi connectivity index (χ1n) is 7.97. The fourth-order valence-corrected chi connectivity index (χ4v) is 3.30. The van der Waals surface area contributed by atoms with Crippen molar-refractivity contribution in [3.05, 3.63) is 76.4 Å². The Morgan fingerprint density at radius 3 is 2.60 bits per heavy atom. The van der Waals surface area contributed by atoms with Crippen LogP contribution in [0.1, 0.15) is 16.1 Å². The number of hydrogen-bond acceptors (Lipinski definition) is 4. The van der Waals surface area contributed by atoms with Gasteiger partial charge < -0.3 is 10.2 Å². The molecule has 124 valence electrons. The number of nitrogens with one attached hydrogen (secondary N) is 1. The summed E-state index contributed by atoms with van der Waals surface area (Å²) in [6.07, 6.45) is 0.988. The number of carbonyl (C=O) groups excluding carboxylic acids is 1. The topological polar surface area (TPSA) is 58.1 Å². The number of hydrogen-bond donors (Lipinski definition) is 1. The number of nitrogens with zero attached hydrogens (tertiary/aromatic N) is 3. The zero-order valence-electron chi connectivity index (χ0n) is 13.3. The molecule has 6 heteroatoms. The van der Waals surface area contributed by atoms with E-state index in [9.17, 15) is 4.79 Å². The van der Waals surface area contributed by atoms with Crippen LogP contribution in [-0.2, 0) is 6.42 Å². The van der Waals surface area contributed by atoms with Gasteiger partial charge in [-0.2, -0.15) is 0 Å². The molecule has 1 amide bonds. The van der Waals surface area contributed by atoms with Crippen LogP contribution in [-0.4, -0.2) is 22.6 Å². The van der Waals surface area contributed by atoms with E-state index in [1.807, 2.05) is 42.5 Å². The van der Waals surface area contributed by atoms with E-state index in [0.29, 0.717) is 5.69 Å². The predicted octanol–water partition coefficient (Wildman–Crippen LogP) is 4.19. The molecule has 0 fully saturated rings. The maximum atomic E-state index is 12.3. The lowest BCUT2D eigenvalue weighted by Crippen LogP contribution is -2.18. The quantitative estimate of drug-likeness (QED) is 0.723. The van der Waals surface area contributed by atoms with Crippen LogP contribution in [0, 0.1) is 0 Å². The third kappa shape index (κ3) is 3.13. The fraction of sp³-hybridized carbons (Fsp3) is 0.105. The number of halogens is 1. The molecule has 0 saturated heterocycles. The standard InChI is InChI=1S/C19H15BrN4O/c20-14-6-2-3-7-15(14)21-19(25)16-9-10-18(23-22-16)24-12-11-13-5-1-4-8-17(13)24/h1-10H,11-12H2,(H,21,25). The van der Waals surface area contributed by atoms with Crippen molar-refractivity contribution in [3.8, 4) is 0 Å². The molecule has 0 bridgehead atoms. The minimum absolute atomic E-state index is 0.284. The zero-order valence-corrected chi connectivity index (χ0v) is 14.9. The minimum atomic E-state index is -0.284. The second-order valence-electron chi connectivity index (χ2n) is 5.74. The molecule has 0 unspecified atom stereocenters. The molecule has 4 rings (SSSR count). The van der Waals surface area contributed by atoms with Gasteiger partial charge in [0, 0.05) is 16.7 Å². The Hall–Kier alpha value is -2.73. The molecule has 1 N–H and O–H groups in total. The minimum Gasteiger partial charge on any atom is -0.324 e. The summed E-state index contributed by atoms with van der Waals surface area (Å²) in [5.41, 5.74) is 3.45. The van der Waals surface area contributed by atoms with Gasteiger partial charge in [0.05, 0.1) is 5.69 Å². The average molecular weight is 395 g/mol. The van der Waals surface area contributed by atoms with Gasteiger partial charge in [-0.25, -0.2) is 0 Å². The van der Waals surface area contributed by atoms with Crippen molar-refractivity contribution in [2.45, 2.75) is 6.42 Å². The molecular formula is C19H15BrN4O. The summed E-state index contributed by atoms with van der Waals surface area (Å²) in [5.74, 6) is 0.468. The van der Waals surface area contributed by atoms with Crippen molar-refractivity contribution < 1.29 is 4.79 Å². The molecule has 2 aromatic carbocycles. The smallest absolute Gasteiger partial charge is 0.276 e. The Labute approximate surface area is 153 Å². The summed E-state index contributed by atoms with van der Waals surface area (Å²) in [7, 11) is 0. The summed E-state index contributed by atoms with van der Waals surface area (Å²) in [6, 6.07) is 19.3. The molecule has 0 saturated carbocycles. The van der Waals surface area contributed by atoms with Gasteiger partial charge >= 0.3 is 0 Å². The van der Waals surface area contributed by atoms with Gasteiger partial charge in [-0.05, 0) is 58.2 Å². The Balaban J connectivity index is 1.53. The van der Waals surface area contributed by atoms with Crippen LogP contribution in [0.25, 0.3) is 0 Å². The normalized spacial score (nSPS) is 12.8. The van der Waals surface area contributed by atoms with Gasteiger partial charge in [0.2, 0.25) is 0 Å². The number of amides is 1. The Morgan fingerprint density at radius 2 is 1.80 bits per heavy atom. The number of aromatic nitrogens is 2. The molecule has 0 aliphatic carbocycles. The second-order valence-corrected chi connectivity index (χ2v) is 6.60. The molecule has 0 radical (unpaired) electrons. The van der Waals surface area contributed by atoms with E-state index in [4.69, 9.17) is 0 Å². The van der Waals surface area contributed by atoms with Crippen molar-refractivity contribution in [2.24, 2.45) is 0 Å². The highest BCUT2D eigenvalue weighted by molar-refractivity contribution is 9.10. The Kier molecular flexibility index (Phi) is 4.19. The third-order valence-corrected chi connectivity index (χ3v) is 4.86. The van der Waals surface area contributed by atoms with E-state index < -0.39 is 0 Å². The average Bonchev–Trinajstić information content (AvgIpc) is 3.08. The van der Waals surface area contributed by atoms with E-state index in [0.717, 1.165) is 28.9 Å². The van der Waals surface area contributed by atoms with E-state index in [1.54, 1.807) is 6.07 Å². The molecule has 1 aromatic heterocycles. The number of rotatable bonds is 3. The molecule has 5 nitrogen and oxygen atoms in total. The molecule has 25 heavy (non-hydrogen) atoms. The van der Waals surface area contributed by atoms with E-state index >= 15 is 0 Å². The van der Waals surface area contributed by atoms with Crippen LogP contribution in [0.4, 0.5) is 17.2 Å². The van der Waals surface area contributed by atoms with Crippen molar-refractivity contribution >= 4 is 39.0 Å². The Morgan fingerprint density at radius 1 is 1.00 bits per heavy atom. The maximum Gasteiger partial charge on any atom is 0.276 e.